The lowest BCUT2D eigenvalue weighted by Crippen LogP contribution is -2.45. The summed E-state index contributed by atoms with van der Waals surface area (Å²) in [6.45, 7) is 3.95. The van der Waals surface area contributed by atoms with E-state index in [1.807, 2.05) is 13.0 Å². The van der Waals surface area contributed by atoms with Gasteiger partial charge >= 0.3 is 0 Å². The zero-order valence-corrected chi connectivity index (χ0v) is 13.0. The van der Waals surface area contributed by atoms with Gasteiger partial charge in [-0.15, -0.1) is 11.3 Å². The molecule has 1 aromatic carbocycles. The van der Waals surface area contributed by atoms with E-state index < -0.39 is 5.60 Å². The fourth-order valence-corrected chi connectivity index (χ4v) is 3.52. The Balaban J connectivity index is 1.56. The van der Waals surface area contributed by atoms with Gasteiger partial charge in [0.1, 0.15) is 5.60 Å². The van der Waals surface area contributed by atoms with Crippen LogP contribution in [0.25, 0.3) is 11.1 Å². The van der Waals surface area contributed by atoms with Gasteiger partial charge in [-0.2, -0.15) is 0 Å². The molecule has 112 valence electrons. The van der Waals surface area contributed by atoms with Gasteiger partial charge in [0.15, 0.2) is 0 Å². The van der Waals surface area contributed by atoms with Crippen molar-refractivity contribution in [1.82, 2.24) is 5.32 Å². The normalized spacial score (nSPS) is 25.3. The molecular formula is C17H21NO2S. The summed E-state index contributed by atoms with van der Waals surface area (Å²) >= 11 is 1.75. The van der Waals surface area contributed by atoms with E-state index in [1.54, 1.807) is 11.3 Å². The van der Waals surface area contributed by atoms with Gasteiger partial charge in [-0.25, -0.2) is 0 Å². The van der Waals surface area contributed by atoms with Crippen molar-refractivity contribution in [3.05, 3.63) is 46.7 Å². The van der Waals surface area contributed by atoms with Crippen molar-refractivity contribution < 1.29 is 9.84 Å². The summed E-state index contributed by atoms with van der Waals surface area (Å²) < 4.78 is 5.45. The number of aliphatic hydroxyl groups is 1. The van der Waals surface area contributed by atoms with Gasteiger partial charge in [0.05, 0.1) is 6.10 Å². The predicted molar refractivity (Wildman–Crippen MR) is 86.4 cm³/mol. The van der Waals surface area contributed by atoms with Crippen LogP contribution in [0.4, 0.5) is 0 Å². The van der Waals surface area contributed by atoms with Crippen LogP contribution in [0.2, 0.25) is 0 Å². The number of nitrogens with one attached hydrogen (secondary N) is 1. The highest BCUT2D eigenvalue weighted by molar-refractivity contribution is 7.10. The Morgan fingerprint density at radius 3 is 2.86 bits per heavy atom. The first kappa shape index (κ1) is 14.7. The minimum Gasteiger partial charge on any atom is -0.386 e. The van der Waals surface area contributed by atoms with Crippen LogP contribution in [-0.4, -0.2) is 30.0 Å². The third kappa shape index (κ3) is 3.35. The Hall–Kier alpha value is -1.20. The molecule has 0 radical (unpaired) electrons. The highest BCUT2D eigenvalue weighted by Gasteiger charge is 2.38. The molecule has 0 aliphatic carbocycles. The van der Waals surface area contributed by atoms with E-state index in [0.29, 0.717) is 19.6 Å². The summed E-state index contributed by atoms with van der Waals surface area (Å²) in [7, 11) is 0. The summed E-state index contributed by atoms with van der Waals surface area (Å²) in [4.78, 5) is 1.28. The van der Waals surface area contributed by atoms with Crippen LogP contribution in [0.1, 0.15) is 18.2 Å². The van der Waals surface area contributed by atoms with Gasteiger partial charge in [0.2, 0.25) is 0 Å². The average Bonchev–Trinajstić information content (AvgIpc) is 3.09. The third-order valence-electron chi connectivity index (χ3n) is 4.15. The van der Waals surface area contributed by atoms with Crippen molar-refractivity contribution in [2.45, 2.75) is 31.6 Å². The molecule has 3 rings (SSSR count). The topological polar surface area (TPSA) is 41.5 Å². The van der Waals surface area contributed by atoms with Gasteiger partial charge < -0.3 is 15.2 Å². The van der Waals surface area contributed by atoms with E-state index in [4.69, 9.17) is 4.74 Å². The average molecular weight is 303 g/mol. The van der Waals surface area contributed by atoms with Crippen LogP contribution in [0, 0.1) is 0 Å². The van der Waals surface area contributed by atoms with Gasteiger partial charge in [-0.3, -0.25) is 0 Å². The van der Waals surface area contributed by atoms with Crippen LogP contribution in [0.3, 0.4) is 0 Å². The lowest BCUT2D eigenvalue weighted by molar-refractivity contribution is -0.0262. The van der Waals surface area contributed by atoms with E-state index >= 15 is 0 Å². The largest absolute Gasteiger partial charge is 0.386 e. The van der Waals surface area contributed by atoms with Crippen LogP contribution >= 0.6 is 11.3 Å². The molecule has 1 fully saturated rings. The maximum atomic E-state index is 10.4. The first-order chi connectivity index (χ1) is 10.2. The maximum Gasteiger partial charge on any atom is 0.105 e. The number of thiophene rings is 1. The van der Waals surface area contributed by atoms with Crippen molar-refractivity contribution in [2.75, 3.05) is 13.2 Å². The Bertz CT molecular complexity index is 583. The molecule has 2 heterocycles. The number of hydrogen-bond acceptors (Lipinski definition) is 4. The highest BCUT2D eigenvalue weighted by Crippen LogP contribution is 2.27. The molecule has 1 aliphatic heterocycles. The summed E-state index contributed by atoms with van der Waals surface area (Å²) in [5, 5.41) is 16.0. The summed E-state index contributed by atoms with van der Waals surface area (Å²) in [5.41, 5.74) is 1.78. The molecule has 3 nitrogen and oxygen atoms in total. The van der Waals surface area contributed by atoms with E-state index in [9.17, 15) is 5.11 Å². The summed E-state index contributed by atoms with van der Waals surface area (Å²) in [5.74, 6) is 0. The summed E-state index contributed by atoms with van der Waals surface area (Å²) in [6.07, 6.45) is 0.620. The number of ether oxygens (including phenoxy) is 1. The fourth-order valence-electron chi connectivity index (χ4n) is 2.66. The maximum absolute atomic E-state index is 10.4. The Morgan fingerprint density at radius 1 is 1.33 bits per heavy atom. The first-order valence-electron chi connectivity index (χ1n) is 7.35. The molecular weight excluding hydrogens is 282 g/mol. The van der Waals surface area contributed by atoms with Crippen LogP contribution in [0.5, 0.6) is 0 Å². The quantitative estimate of drug-likeness (QED) is 0.892. The Morgan fingerprint density at radius 2 is 2.14 bits per heavy atom. The standard InChI is InChI=1S/C17H21NO2S/c1-13-17(19,7-8-20-13)12-18-10-16-9-15(11-21-16)14-5-3-2-4-6-14/h2-6,9,11,13,18-19H,7-8,10,12H2,1H3. The van der Waals surface area contributed by atoms with Gasteiger partial charge in [0.25, 0.3) is 0 Å². The second-order valence-electron chi connectivity index (χ2n) is 5.64. The van der Waals surface area contributed by atoms with Crippen LogP contribution in [0.15, 0.2) is 41.8 Å². The van der Waals surface area contributed by atoms with E-state index in [1.165, 1.54) is 16.0 Å². The molecule has 2 N–H and O–H groups in total. The van der Waals surface area contributed by atoms with E-state index in [-0.39, 0.29) is 6.10 Å². The minimum absolute atomic E-state index is 0.0896. The zero-order valence-electron chi connectivity index (χ0n) is 12.2. The molecule has 1 aromatic heterocycles. The van der Waals surface area contributed by atoms with Crippen LogP contribution < -0.4 is 5.32 Å². The van der Waals surface area contributed by atoms with Crippen molar-refractivity contribution in [2.24, 2.45) is 0 Å². The van der Waals surface area contributed by atoms with E-state index in [2.05, 4.69) is 41.0 Å². The molecule has 2 atom stereocenters. The smallest absolute Gasteiger partial charge is 0.105 e. The van der Waals surface area contributed by atoms with Crippen molar-refractivity contribution in [3.63, 3.8) is 0 Å². The van der Waals surface area contributed by atoms with Crippen molar-refractivity contribution in [1.29, 1.82) is 0 Å². The predicted octanol–water partition coefficient (Wildman–Crippen LogP) is 3.04. The molecule has 1 aliphatic rings. The number of benzene rings is 1. The molecule has 2 unspecified atom stereocenters. The Kier molecular flexibility index (Phi) is 4.40. The monoisotopic (exact) mass is 303 g/mol. The second-order valence-corrected chi connectivity index (χ2v) is 6.63. The first-order valence-corrected chi connectivity index (χ1v) is 8.23. The minimum atomic E-state index is -0.723. The molecule has 1 saturated heterocycles. The third-order valence-corrected chi connectivity index (χ3v) is 5.09. The van der Waals surface area contributed by atoms with Gasteiger partial charge in [-0.05, 0) is 29.5 Å². The van der Waals surface area contributed by atoms with Crippen molar-refractivity contribution in [3.8, 4) is 11.1 Å². The molecule has 21 heavy (non-hydrogen) atoms. The van der Waals surface area contributed by atoms with Crippen molar-refractivity contribution >= 4 is 11.3 Å². The molecule has 4 heteroatoms. The highest BCUT2D eigenvalue weighted by atomic mass is 32.1. The Labute approximate surface area is 129 Å². The van der Waals surface area contributed by atoms with Crippen LogP contribution in [-0.2, 0) is 11.3 Å². The fraction of sp³-hybridized carbons (Fsp3) is 0.412. The molecule has 0 amide bonds. The summed E-state index contributed by atoms with van der Waals surface area (Å²) in [6, 6.07) is 12.6. The zero-order chi connectivity index (χ0) is 14.7. The lowest BCUT2D eigenvalue weighted by atomic mass is 9.97. The molecule has 0 bridgehead atoms. The van der Waals surface area contributed by atoms with E-state index in [0.717, 1.165) is 6.54 Å². The van der Waals surface area contributed by atoms with Gasteiger partial charge in [0, 0.05) is 31.0 Å². The number of hydrogen-bond donors (Lipinski definition) is 2. The molecule has 2 aromatic rings. The number of rotatable bonds is 5. The molecule has 0 saturated carbocycles. The molecule has 0 spiro atoms. The lowest BCUT2D eigenvalue weighted by Gasteiger charge is -2.26. The van der Waals surface area contributed by atoms with Gasteiger partial charge in [-0.1, -0.05) is 30.3 Å². The SMILES string of the molecule is CC1OCCC1(O)CNCc1cc(-c2ccccc2)cs1. The second kappa shape index (κ2) is 6.28.